The molecule has 0 aromatic heterocycles. The molecule has 0 rings (SSSR count). The summed E-state index contributed by atoms with van der Waals surface area (Å²) in [5.74, 6) is 1.95. The minimum Gasteiger partial charge on any atom is -0.396 e. The zero-order valence-corrected chi connectivity index (χ0v) is 9.31. The highest BCUT2D eigenvalue weighted by molar-refractivity contribution is 7.99. The maximum atomic E-state index is 11.1. The summed E-state index contributed by atoms with van der Waals surface area (Å²) in [5, 5.41) is 11.3. The first kappa shape index (κ1) is 13.7. The van der Waals surface area contributed by atoms with Gasteiger partial charge in [-0.05, 0) is 25.1 Å². The SMILES string of the molecule is NCCCC(=O)NCCSCCCO. The molecule has 4 N–H and O–H groups in total. The number of nitrogens with one attached hydrogen (secondary N) is 1. The summed E-state index contributed by atoms with van der Waals surface area (Å²) in [6, 6.07) is 0. The third-order valence-corrected chi connectivity index (χ3v) is 2.69. The van der Waals surface area contributed by atoms with E-state index in [-0.39, 0.29) is 12.5 Å². The van der Waals surface area contributed by atoms with Gasteiger partial charge in [-0.25, -0.2) is 0 Å². The van der Waals surface area contributed by atoms with Crippen molar-refractivity contribution >= 4 is 17.7 Å². The van der Waals surface area contributed by atoms with E-state index in [1.54, 1.807) is 11.8 Å². The van der Waals surface area contributed by atoms with E-state index in [9.17, 15) is 4.79 Å². The number of thioether (sulfide) groups is 1. The van der Waals surface area contributed by atoms with Crippen LogP contribution in [0.25, 0.3) is 0 Å². The highest BCUT2D eigenvalue weighted by Crippen LogP contribution is 2.00. The first-order valence-corrected chi connectivity index (χ1v) is 6.12. The molecule has 84 valence electrons. The number of amides is 1. The third kappa shape index (κ3) is 9.83. The van der Waals surface area contributed by atoms with Gasteiger partial charge < -0.3 is 16.2 Å². The lowest BCUT2D eigenvalue weighted by atomic mass is 10.3. The van der Waals surface area contributed by atoms with Crippen molar-refractivity contribution < 1.29 is 9.90 Å². The number of rotatable bonds is 9. The van der Waals surface area contributed by atoms with Gasteiger partial charge in [-0.15, -0.1) is 0 Å². The van der Waals surface area contributed by atoms with Gasteiger partial charge in [0, 0.05) is 25.3 Å². The van der Waals surface area contributed by atoms with E-state index in [4.69, 9.17) is 10.8 Å². The second-order valence-corrected chi connectivity index (χ2v) is 4.16. The Balaban J connectivity index is 3.07. The second-order valence-electron chi connectivity index (χ2n) is 2.93. The first-order valence-electron chi connectivity index (χ1n) is 4.96. The summed E-state index contributed by atoms with van der Waals surface area (Å²) in [4.78, 5) is 11.1. The molecule has 4 nitrogen and oxygen atoms in total. The van der Waals surface area contributed by atoms with Crippen LogP contribution in [0.3, 0.4) is 0 Å². The Morgan fingerprint density at radius 2 is 2.14 bits per heavy atom. The van der Waals surface area contributed by atoms with Crippen molar-refractivity contribution in [3.05, 3.63) is 0 Å². The molecular weight excluding hydrogens is 200 g/mol. The molecule has 0 aromatic carbocycles. The molecule has 14 heavy (non-hydrogen) atoms. The number of carbonyl (C=O) groups excluding carboxylic acids is 1. The summed E-state index contributed by atoms with van der Waals surface area (Å²) in [5.41, 5.74) is 5.28. The van der Waals surface area contributed by atoms with Crippen LogP contribution < -0.4 is 11.1 Å². The van der Waals surface area contributed by atoms with E-state index in [1.807, 2.05) is 0 Å². The van der Waals surface area contributed by atoms with Crippen molar-refractivity contribution in [1.29, 1.82) is 0 Å². The van der Waals surface area contributed by atoms with Gasteiger partial charge in [-0.1, -0.05) is 0 Å². The number of hydrogen-bond donors (Lipinski definition) is 3. The van der Waals surface area contributed by atoms with Gasteiger partial charge in [0.05, 0.1) is 0 Å². The Morgan fingerprint density at radius 3 is 2.79 bits per heavy atom. The monoisotopic (exact) mass is 220 g/mol. The number of nitrogens with two attached hydrogens (primary N) is 1. The number of carbonyl (C=O) groups is 1. The lowest BCUT2D eigenvalue weighted by molar-refractivity contribution is -0.121. The maximum Gasteiger partial charge on any atom is 0.220 e. The quantitative estimate of drug-likeness (QED) is 0.477. The Bertz CT molecular complexity index is 145. The molecule has 1 amide bonds. The Labute approximate surface area is 89.6 Å². The van der Waals surface area contributed by atoms with Crippen LogP contribution in [0.1, 0.15) is 19.3 Å². The smallest absolute Gasteiger partial charge is 0.220 e. The molecule has 0 fully saturated rings. The van der Waals surface area contributed by atoms with E-state index in [0.29, 0.717) is 19.5 Å². The molecule has 0 unspecified atom stereocenters. The van der Waals surface area contributed by atoms with E-state index in [2.05, 4.69) is 5.32 Å². The zero-order valence-electron chi connectivity index (χ0n) is 8.50. The average molecular weight is 220 g/mol. The molecule has 0 spiro atoms. The summed E-state index contributed by atoms with van der Waals surface area (Å²) in [7, 11) is 0. The topological polar surface area (TPSA) is 75.4 Å². The molecule has 0 atom stereocenters. The van der Waals surface area contributed by atoms with Crippen molar-refractivity contribution in [2.45, 2.75) is 19.3 Å². The van der Waals surface area contributed by atoms with E-state index >= 15 is 0 Å². The molecule has 0 radical (unpaired) electrons. The van der Waals surface area contributed by atoms with Crippen LogP contribution in [0.5, 0.6) is 0 Å². The molecule has 0 saturated carbocycles. The summed E-state index contributed by atoms with van der Waals surface area (Å²) in [6.07, 6.45) is 2.10. The minimum absolute atomic E-state index is 0.0817. The van der Waals surface area contributed by atoms with Crippen molar-refractivity contribution in [1.82, 2.24) is 5.32 Å². The van der Waals surface area contributed by atoms with Crippen molar-refractivity contribution in [2.24, 2.45) is 5.73 Å². The normalized spacial score (nSPS) is 10.1. The van der Waals surface area contributed by atoms with Crippen LogP contribution in [0.4, 0.5) is 0 Å². The number of hydrogen-bond acceptors (Lipinski definition) is 4. The van der Waals surface area contributed by atoms with Gasteiger partial charge in [0.2, 0.25) is 5.91 Å². The third-order valence-electron chi connectivity index (χ3n) is 1.62. The fraction of sp³-hybridized carbons (Fsp3) is 0.889. The zero-order chi connectivity index (χ0) is 10.6. The molecule has 0 heterocycles. The van der Waals surface area contributed by atoms with E-state index in [0.717, 1.165) is 24.3 Å². The standard InChI is InChI=1S/C9H20N2O2S/c10-4-1-3-9(13)11-5-8-14-7-2-6-12/h12H,1-8,10H2,(H,11,13). The van der Waals surface area contributed by atoms with Gasteiger partial charge in [0.25, 0.3) is 0 Å². The fourth-order valence-corrected chi connectivity index (χ4v) is 1.67. The second kappa shape index (κ2) is 10.8. The molecule has 0 saturated heterocycles. The lowest BCUT2D eigenvalue weighted by Gasteiger charge is -2.03. The molecule has 0 aliphatic rings. The fourth-order valence-electron chi connectivity index (χ4n) is 0.882. The number of aliphatic hydroxyl groups excluding tert-OH is 1. The van der Waals surface area contributed by atoms with E-state index in [1.165, 1.54) is 0 Å². The van der Waals surface area contributed by atoms with Crippen LogP contribution in [-0.4, -0.2) is 42.2 Å². The molecule has 0 aromatic rings. The molecule has 0 aliphatic carbocycles. The Morgan fingerprint density at radius 1 is 1.36 bits per heavy atom. The average Bonchev–Trinajstić information content (AvgIpc) is 2.20. The molecule has 0 aliphatic heterocycles. The number of aliphatic hydroxyl groups is 1. The van der Waals surface area contributed by atoms with Crippen molar-refractivity contribution in [3.63, 3.8) is 0 Å². The Hall–Kier alpha value is -0.260. The van der Waals surface area contributed by atoms with Crippen LogP contribution in [0, 0.1) is 0 Å². The first-order chi connectivity index (χ1) is 6.81. The highest BCUT2D eigenvalue weighted by Gasteiger charge is 1.98. The summed E-state index contributed by atoms with van der Waals surface area (Å²) < 4.78 is 0. The molecule has 0 bridgehead atoms. The summed E-state index contributed by atoms with van der Waals surface area (Å²) in [6.45, 7) is 1.52. The summed E-state index contributed by atoms with van der Waals surface area (Å²) >= 11 is 1.74. The Kier molecular flexibility index (Phi) is 10.6. The van der Waals surface area contributed by atoms with Gasteiger partial charge >= 0.3 is 0 Å². The van der Waals surface area contributed by atoms with Gasteiger partial charge in [-0.2, -0.15) is 11.8 Å². The van der Waals surface area contributed by atoms with Gasteiger partial charge in [-0.3, -0.25) is 4.79 Å². The van der Waals surface area contributed by atoms with E-state index < -0.39 is 0 Å². The highest BCUT2D eigenvalue weighted by atomic mass is 32.2. The van der Waals surface area contributed by atoms with Crippen LogP contribution in [0.2, 0.25) is 0 Å². The largest absolute Gasteiger partial charge is 0.396 e. The predicted octanol–water partition coefficient (Wildman–Crippen LogP) is -0.0429. The van der Waals surface area contributed by atoms with Crippen molar-refractivity contribution in [3.8, 4) is 0 Å². The van der Waals surface area contributed by atoms with Gasteiger partial charge in [0.1, 0.15) is 0 Å². The lowest BCUT2D eigenvalue weighted by Crippen LogP contribution is -2.26. The van der Waals surface area contributed by atoms with Crippen LogP contribution in [-0.2, 0) is 4.79 Å². The van der Waals surface area contributed by atoms with Crippen molar-refractivity contribution in [2.75, 3.05) is 31.2 Å². The predicted molar refractivity (Wildman–Crippen MR) is 60.3 cm³/mol. The molecular formula is C9H20N2O2S. The molecule has 5 heteroatoms. The minimum atomic E-state index is 0.0817. The maximum absolute atomic E-state index is 11.1. The van der Waals surface area contributed by atoms with Gasteiger partial charge in [0.15, 0.2) is 0 Å². The van der Waals surface area contributed by atoms with Crippen LogP contribution >= 0.6 is 11.8 Å². The van der Waals surface area contributed by atoms with Crippen LogP contribution in [0.15, 0.2) is 0 Å².